The quantitative estimate of drug-likeness (QED) is 0.827. The van der Waals surface area contributed by atoms with Crippen molar-refractivity contribution in [2.45, 2.75) is 44.7 Å². The second kappa shape index (κ2) is 5.85. The highest BCUT2D eigenvalue weighted by molar-refractivity contribution is 5.27. The number of nitrogens with one attached hydrogen (secondary N) is 1. The molecule has 1 N–H and O–H groups in total. The molecule has 2 aliphatic rings. The van der Waals surface area contributed by atoms with E-state index in [2.05, 4.69) is 34.5 Å². The molecular weight excluding hydrogens is 220 g/mol. The second-order valence-corrected chi connectivity index (χ2v) is 5.73. The summed E-state index contributed by atoms with van der Waals surface area (Å²) >= 11 is 0. The first-order valence-corrected chi connectivity index (χ1v) is 7.44. The lowest BCUT2D eigenvalue weighted by molar-refractivity contribution is 0.330. The molecule has 1 aliphatic carbocycles. The van der Waals surface area contributed by atoms with Crippen molar-refractivity contribution < 1.29 is 0 Å². The first-order chi connectivity index (χ1) is 8.92. The van der Waals surface area contributed by atoms with Gasteiger partial charge in [-0.05, 0) is 62.9 Å². The molecule has 0 atom stereocenters. The Balaban J connectivity index is 1.56. The van der Waals surface area contributed by atoms with E-state index in [9.17, 15) is 0 Å². The van der Waals surface area contributed by atoms with Gasteiger partial charge in [0.05, 0.1) is 0 Å². The number of likely N-dealkylation sites (tertiary alicyclic amines) is 1. The molecule has 3 rings (SSSR count). The van der Waals surface area contributed by atoms with E-state index in [1.54, 1.807) is 0 Å². The molecule has 1 heterocycles. The van der Waals surface area contributed by atoms with E-state index >= 15 is 0 Å². The van der Waals surface area contributed by atoms with Crippen LogP contribution < -0.4 is 5.32 Å². The van der Waals surface area contributed by atoms with E-state index in [-0.39, 0.29) is 0 Å². The molecule has 0 radical (unpaired) electrons. The molecule has 1 saturated heterocycles. The van der Waals surface area contributed by atoms with Crippen LogP contribution in [0.1, 0.15) is 36.8 Å². The molecule has 0 unspecified atom stereocenters. The van der Waals surface area contributed by atoms with Gasteiger partial charge in [-0.1, -0.05) is 24.3 Å². The van der Waals surface area contributed by atoms with Gasteiger partial charge in [0.2, 0.25) is 0 Å². The molecule has 0 aromatic heterocycles. The van der Waals surface area contributed by atoms with Crippen molar-refractivity contribution in [2.24, 2.45) is 0 Å². The molecular formula is C16H24N2. The van der Waals surface area contributed by atoms with Gasteiger partial charge in [0, 0.05) is 12.6 Å². The summed E-state index contributed by atoms with van der Waals surface area (Å²) in [5.41, 5.74) is 3.08. The summed E-state index contributed by atoms with van der Waals surface area (Å²) in [6.07, 6.45) is 6.71. The van der Waals surface area contributed by atoms with E-state index < -0.39 is 0 Å². The minimum absolute atomic E-state index is 0.829. The van der Waals surface area contributed by atoms with Gasteiger partial charge >= 0.3 is 0 Å². The second-order valence-electron chi connectivity index (χ2n) is 5.73. The maximum atomic E-state index is 3.61. The van der Waals surface area contributed by atoms with Crippen molar-refractivity contribution in [3.8, 4) is 0 Å². The van der Waals surface area contributed by atoms with Crippen LogP contribution in [0.4, 0.5) is 0 Å². The fourth-order valence-corrected chi connectivity index (χ4v) is 2.84. The van der Waals surface area contributed by atoms with Gasteiger partial charge in [0.25, 0.3) is 0 Å². The number of benzene rings is 1. The zero-order valence-electron chi connectivity index (χ0n) is 11.2. The molecule has 2 heteroatoms. The molecule has 0 spiro atoms. The maximum Gasteiger partial charge on any atom is 0.0236 e. The fourth-order valence-electron chi connectivity index (χ4n) is 2.84. The van der Waals surface area contributed by atoms with Crippen molar-refractivity contribution in [3.63, 3.8) is 0 Å². The van der Waals surface area contributed by atoms with E-state index in [1.165, 1.54) is 56.3 Å². The van der Waals surface area contributed by atoms with Gasteiger partial charge < -0.3 is 5.32 Å². The van der Waals surface area contributed by atoms with Gasteiger partial charge in [-0.15, -0.1) is 0 Å². The third kappa shape index (κ3) is 3.33. The predicted molar refractivity (Wildman–Crippen MR) is 75.7 cm³/mol. The zero-order valence-corrected chi connectivity index (χ0v) is 11.2. The van der Waals surface area contributed by atoms with Gasteiger partial charge in [0.1, 0.15) is 0 Å². The van der Waals surface area contributed by atoms with Crippen molar-refractivity contribution in [1.29, 1.82) is 0 Å². The van der Waals surface area contributed by atoms with Crippen LogP contribution in [0.2, 0.25) is 0 Å². The largest absolute Gasteiger partial charge is 0.314 e. The summed E-state index contributed by atoms with van der Waals surface area (Å²) in [5, 5.41) is 3.61. The summed E-state index contributed by atoms with van der Waals surface area (Å²) in [7, 11) is 0. The lowest BCUT2D eigenvalue weighted by atomic mass is 10.0. The van der Waals surface area contributed by atoms with E-state index in [1.807, 2.05) is 0 Å². The Morgan fingerprint density at radius 3 is 2.50 bits per heavy atom. The summed E-state index contributed by atoms with van der Waals surface area (Å²) < 4.78 is 0. The molecule has 2 nitrogen and oxygen atoms in total. The monoisotopic (exact) mass is 244 g/mol. The Bertz CT molecular complexity index is 378. The lowest BCUT2D eigenvalue weighted by Gasteiger charge is -2.17. The molecule has 1 aromatic rings. The highest BCUT2D eigenvalue weighted by Crippen LogP contribution is 2.19. The summed E-state index contributed by atoms with van der Waals surface area (Å²) in [5.74, 6) is 0. The van der Waals surface area contributed by atoms with E-state index in [0.717, 1.165) is 19.1 Å². The summed E-state index contributed by atoms with van der Waals surface area (Å²) in [4.78, 5) is 2.59. The fraction of sp³-hybridized carbons (Fsp3) is 0.625. The Labute approximate surface area is 110 Å². The van der Waals surface area contributed by atoms with E-state index in [4.69, 9.17) is 0 Å². The lowest BCUT2D eigenvalue weighted by Crippen LogP contribution is -2.22. The molecule has 1 aliphatic heterocycles. The van der Waals surface area contributed by atoms with Crippen LogP contribution in [0.25, 0.3) is 0 Å². The van der Waals surface area contributed by atoms with Crippen LogP contribution in [0.3, 0.4) is 0 Å². The molecule has 18 heavy (non-hydrogen) atoms. The van der Waals surface area contributed by atoms with Gasteiger partial charge in [0.15, 0.2) is 0 Å². The molecule has 1 aromatic carbocycles. The average molecular weight is 244 g/mol. The number of hydrogen-bond donors (Lipinski definition) is 1. The zero-order chi connectivity index (χ0) is 12.2. The SMILES string of the molecule is c1ccc(CN2CCCC2)c(CCNC2CC2)c1. The first-order valence-electron chi connectivity index (χ1n) is 7.44. The molecule has 1 saturated carbocycles. The highest BCUT2D eigenvalue weighted by Gasteiger charge is 2.20. The predicted octanol–water partition coefficient (Wildman–Crippen LogP) is 2.58. The van der Waals surface area contributed by atoms with Crippen molar-refractivity contribution in [2.75, 3.05) is 19.6 Å². The first kappa shape index (κ1) is 12.2. The third-order valence-corrected chi connectivity index (χ3v) is 4.12. The minimum atomic E-state index is 0.829. The normalized spacial score (nSPS) is 20.4. The van der Waals surface area contributed by atoms with E-state index in [0.29, 0.717) is 0 Å². The van der Waals surface area contributed by atoms with Crippen LogP contribution >= 0.6 is 0 Å². The van der Waals surface area contributed by atoms with Crippen molar-refractivity contribution in [3.05, 3.63) is 35.4 Å². The number of rotatable bonds is 6. The van der Waals surface area contributed by atoms with Gasteiger partial charge in [-0.3, -0.25) is 4.90 Å². The molecule has 0 bridgehead atoms. The standard InChI is InChI=1S/C16H24N2/c1-2-6-15(13-18-11-3-4-12-18)14(5-1)9-10-17-16-7-8-16/h1-2,5-6,16-17H,3-4,7-13H2. The van der Waals surface area contributed by atoms with Crippen LogP contribution in [-0.4, -0.2) is 30.6 Å². The summed E-state index contributed by atoms with van der Waals surface area (Å²) in [6.45, 7) is 4.87. The van der Waals surface area contributed by atoms with Crippen LogP contribution in [0, 0.1) is 0 Å². The average Bonchev–Trinajstić information content (AvgIpc) is 3.07. The van der Waals surface area contributed by atoms with Crippen molar-refractivity contribution in [1.82, 2.24) is 10.2 Å². The Morgan fingerprint density at radius 1 is 1.06 bits per heavy atom. The minimum Gasteiger partial charge on any atom is -0.314 e. The van der Waals surface area contributed by atoms with Gasteiger partial charge in [-0.2, -0.15) is 0 Å². The molecule has 2 fully saturated rings. The maximum absolute atomic E-state index is 3.61. The Morgan fingerprint density at radius 2 is 1.78 bits per heavy atom. The third-order valence-electron chi connectivity index (χ3n) is 4.12. The van der Waals surface area contributed by atoms with Gasteiger partial charge in [-0.25, -0.2) is 0 Å². The Hall–Kier alpha value is -0.860. The van der Waals surface area contributed by atoms with Crippen LogP contribution in [0.5, 0.6) is 0 Å². The Kier molecular flexibility index (Phi) is 3.96. The number of nitrogens with zero attached hydrogens (tertiary/aromatic N) is 1. The topological polar surface area (TPSA) is 15.3 Å². The van der Waals surface area contributed by atoms with Crippen LogP contribution in [0.15, 0.2) is 24.3 Å². The number of hydrogen-bond acceptors (Lipinski definition) is 2. The van der Waals surface area contributed by atoms with Crippen LogP contribution in [-0.2, 0) is 13.0 Å². The summed E-state index contributed by atoms with van der Waals surface area (Å²) in [6, 6.07) is 9.81. The molecule has 0 amide bonds. The highest BCUT2D eigenvalue weighted by atomic mass is 15.1. The van der Waals surface area contributed by atoms with Crippen molar-refractivity contribution >= 4 is 0 Å². The smallest absolute Gasteiger partial charge is 0.0236 e. The molecule has 98 valence electrons.